The number of carbonyl (C=O) groups excluding carboxylic acids is 1. The maximum atomic E-state index is 12.7. The second-order valence-corrected chi connectivity index (χ2v) is 7.59. The number of thioether (sulfide) groups is 1. The summed E-state index contributed by atoms with van der Waals surface area (Å²) in [4.78, 5) is 15.0. The van der Waals surface area contributed by atoms with Gasteiger partial charge in [0, 0.05) is 4.47 Å². The molecule has 0 spiro atoms. The van der Waals surface area contributed by atoms with E-state index in [0.717, 1.165) is 22.1 Å². The van der Waals surface area contributed by atoms with Crippen LogP contribution < -0.4 is 4.90 Å². The van der Waals surface area contributed by atoms with Gasteiger partial charge in [-0.3, -0.25) is 9.69 Å². The van der Waals surface area contributed by atoms with Crippen LogP contribution in [0.25, 0.3) is 6.08 Å². The molecule has 0 saturated carbocycles. The molecule has 2 aromatic carbocycles. The van der Waals surface area contributed by atoms with Crippen molar-refractivity contribution in [2.75, 3.05) is 4.90 Å². The van der Waals surface area contributed by atoms with E-state index in [1.807, 2.05) is 54.6 Å². The van der Waals surface area contributed by atoms with Gasteiger partial charge < -0.3 is 0 Å². The molecule has 0 aromatic heterocycles. The number of aryl methyl sites for hydroxylation is 1. The molecule has 116 valence electrons. The molecule has 2 nitrogen and oxygen atoms in total. The highest BCUT2D eigenvalue weighted by molar-refractivity contribution is 9.10. The summed E-state index contributed by atoms with van der Waals surface area (Å²) in [5, 5.41) is 0. The number of hydrogen-bond donors (Lipinski definition) is 0. The summed E-state index contributed by atoms with van der Waals surface area (Å²) in [5.74, 6) is -0.0694. The molecule has 1 amide bonds. The van der Waals surface area contributed by atoms with E-state index in [0.29, 0.717) is 9.23 Å². The number of nitrogens with zero attached hydrogens (tertiary/aromatic N) is 1. The van der Waals surface area contributed by atoms with Crippen LogP contribution in [0.2, 0.25) is 0 Å². The van der Waals surface area contributed by atoms with Gasteiger partial charge in [-0.2, -0.15) is 0 Å². The number of hydrogen-bond acceptors (Lipinski definition) is 3. The number of anilines is 1. The third-order valence-electron chi connectivity index (χ3n) is 3.59. The van der Waals surface area contributed by atoms with Crippen LogP contribution in [0.1, 0.15) is 18.1 Å². The van der Waals surface area contributed by atoms with Crippen LogP contribution >= 0.6 is 39.9 Å². The Kier molecular flexibility index (Phi) is 4.99. The quantitative estimate of drug-likeness (QED) is 0.504. The van der Waals surface area contributed by atoms with Gasteiger partial charge >= 0.3 is 0 Å². The lowest BCUT2D eigenvalue weighted by Crippen LogP contribution is -2.27. The Labute approximate surface area is 153 Å². The number of amides is 1. The van der Waals surface area contributed by atoms with Gasteiger partial charge in [-0.05, 0) is 41.8 Å². The Hall–Kier alpha value is -1.43. The van der Waals surface area contributed by atoms with E-state index in [1.165, 1.54) is 17.3 Å². The van der Waals surface area contributed by atoms with Gasteiger partial charge in [-0.25, -0.2) is 0 Å². The number of benzene rings is 2. The second-order valence-electron chi connectivity index (χ2n) is 5.06. The number of carbonyl (C=O) groups is 1. The molecule has 0 atom stereocenters. The van der Waals surface area contributed by atoms with Crippen LogP contribution in [0.4, 0.5) is 5.69 Å². The molecule has 1 fully saturated rings. The highest BCUT2D eigenvalue weighted by Gasteiger charge is 2.33. The van der Waals surface area contributed by atoms with E-state index >= 15 is 0 Å². The zero-order valence-corrected chi connectivity index (χ0v) is 15.7. The highest BCUT2D eigenvalue weighted by Crippen LogP contribution is 2.36. The number of halogens is 1. The first-order chi connectivity index (χ1) is 11.1. The summed E-state index contributed by atoms with van der Waals surface area (Å²) >= 11 is 10.2. The van der Waals surface area contributed by atoms with E-state index in [9.17, 15) is 4.79 Å². The summed E-state index contributed by atoms with van der Waals surface area (Å²) in [5.41, 5.74) is 3.03. The fourth-order valence-electron chi connectivity index (χ4n) is 2.30. The molecule has 2 aromatic rings. The smallest absolute Gasteiger partial charge is 0.268 e. The minimum Gasteiger partial charge on any atom is -0.268 e. The van der Waals surface area contributed by atoms with E-state index in [-0.39, 0.29) is 5.91 Å². The predicted octanol–water partition coefficient (Wildman–Crippen LogP) is 5.42. The summed E-state index contributed by atoms with van der Waals surface area (Å²) < 4.78 is 1.52. The summed E-state index contributed by atoms with van der Waals surface area (Å²) in [6.45, 7) is 2.11. The molecule has 0 radical (unpaired) electrons. The average molecular weight is 404 g/mol. The van der Waals surface area contributed by atoms with Crippen LogP contribution in [0.5, 0.6) is 0 Å². The van der Waals surface area contributed by atoms with Crippen molar-refractivity contribution in [2.45, 2.75) is 13.3 Å². The molecular formula is C18H14BrNOS2. The zero-order valence-electron chi connectivity index (χ0n) is 12.5. The summed E-state index contributed by atoms with van der Waals surface area (Å²) in [6, 6.07) is 15.8. The van der Waals surface area contributed by atoms with Gasteiger partial charge in [0.15, 0.2) is 4.32 Å². The summed E-state index contributed by atoms with van der Waals surface area (Å²) in [6.07, 6.45) is 2.85. The largest absolute Gasteiger partial charge is 0.270 e. The summed E-state index contributed by atoms with van der Waals surface area (Å²) in [7, 11) is 0. The predicted molar refractivity (Wildman–Crippen MR) is 106 cm³/mol. The third-order valence-corrected chi connectivity index (χ3v) is 5.61. The minimum absolute atomic E-state index is 0.0694. The van der Waals surface area contributed by atoms with Crippen LogP contribution in [-0.2, 0) is 11.2 Å². The van der Waals surface area contributed by atoms with E-state index in [4.69, 9.17) is 12.2 Å². The molecule has 0 N–H and O–H groups in total. The van der Waals surface area contributed by atoms with E-state index in [1.54, 1.807) is 4.90 Å². The fraction of sp³-hybridized carbons (Fsp3) is 0.111. The van der Waals surface area contributed by atoms with Crippen molar-refractivity contribution in [3.05, 3.63) is 69.0 Å². The average Bonchev–Trinajstić information content (AvgIpc) is 2.84. The van der Waals surface area contributed by atoms with E-state index in [2.05, 4.69) is 22.9 Å². The molecule has 3 rings (SSSR count). The minimum atomic E-state index is -0.0694. The highest BCUT2D eigenvalue weighted by atomic mass is 79.9. The zero-order chi connectivity index (χ0) is 16.4. The van der Waals surface area contributed by atoms with Crippen molar-refractivity contribution in [1.82, 2.24) is 0 Å². The van der Waals surface area contributed by atoms with Gasteiger partial charge in [0.1, 0.15) is 0 Å². The SMILES string of the molecule is CCc1ccc(N2C(=O)/C(=C/c3ccccc3Br)SC2=S)cc1. The first-order valence-corrected chi connectivity index (χ1v) is 9.23. The van der Waals surface area contributed by atoms with Crippen LogP contribution in [0, 0.1) is 0 Å². The van der Waals surface area contributed by atoms with Crippen molar-refractivity contribution in [3.8, 4) is 0 Å². The third kappa shape index (κ3) is 3.42. The molecule has 1 aliphatic rings. The molecule has 1 heterocycles. The van der Waals surface area contributed by atoms with Gasteiger partial charge in [0.05, 0.1) is 10.6 Å². The lowest BCUT2D eigenvalue weighted by molar-refractivity contribution is -0.113. The van der Waals surface area contributed by atoms with E-state index < -0.39 is 0 Å². The van der Waals surface area contributed by atoms with Crippen molar-refractivity contribution < 1.29 is 4.79 Å². The first-order valence-electron chi connectivity index (χ1n) is 7.21. The molecule has 0 unspecified atom stereocenters. The molecule has 23 heavy (non-hydrogen) atoms. The molecule has 5 heteroatoms. The normalized spacial score (nSPS) is 16.4. The van der Waals surface area contributed by atoms with Crippen molar-refractivity contribution in [2.24, 2.45) is 0 Å². The molecule has 1 saturated heterocycles. The number of rotatable bonds is 3. The van der Waals surface area contributed by atoms with Crippen molar-refractivity contribution in [1.29, 1.82) is 0 Å². The molecule has 0 aliphatic carbocycles. The Morgan fingerprint density at radius 1 is 1.17 bits per heavy atom. The Balaban J connectivity index is 1.92. The van der Waals surface area contributed by atoms with Crippen molar-refractivity contribution in [3.63, 3.8) is 0 Å². The second kappa shape index (κ2) is 6.99. The fourth-order valence-corrected chi connectivity index (χ4v) is 3.99. The monoisotopic (exact) mass is 403 g/mol. The van der Waals surface area contributed by atoms with Crippen LogP contribution in [0.3, 0.4) is 0 Å². The van der Waals surface area contributed by atoms with Crippen LogP contribution in [-0.4, -0.2) is 10.2 Å². The maximum Gasteiger partial charge on any atom is 0.270 e. The van der Waals surface area contributed by atoms with Gasteiger partial charge in [0.2, 0.25) is 0 Å². The molecule has 0 bridgehead atoms. The van der Waals surface area contributed by atoms with Gasteiger partial charge in [-0.1, -0.05) is 77.2 Å². The van der Waals surface area contributed by atoms with Gasteiger partial charge in [0.25, 0.3) is 5.91 Å². The molecule has 1 aliphatic heterocycles. The number of thiocarbonyl (C=S) groups is 1. The molecular weight excluding hydrogens is 390 g/mol. The van der Waals surface area contributed by atoms with Crippen molar-refractivity contribution >= 4 is 61.9 Å². The topological polar surface area (TPSA) is 20.3 Å². The lowest BCUT2D eigenvalue weighted by Gasteiger charge is -2.14. The Morgan fingerprint density at radius 2 is 1.87 bits per heavy atom. The Bertz CT molecular complexity index is 799. The maximum absolute atomic E-state index is 12.7. The first kappa shape index (κ1) is 16.4. The standard InChI is InChI=1S/C18H14BrNOS2/c1-2-12-7-9-14(10-8-12)20-17(21)16(23-18(20)22)11-13-5-3-4-6-15(13)19/h3-11H,2H2,1H3/b16-11-. The lowest BCUT2D eigenvalue weighted by atomic mass is 10.1. The van der Waals surface area contributed by atoms with Crippen LogP contribution in [0.15, 0.2) is 57.9 Å². The van der Waals surface area contributed by atoms with Gasteiger partial charge in [-0.15, -0.1) is 0 Å². The Morgan fingerprint density at radius 3 is 2.52 bits per heavy atom.